The zero-order valence-corrected chi connectivity index (χ0v) is 12.7. The minimum absolute atomic E-state index is 0.213. The Morgan fingerprint density at radius 2 is 2.17 bits per heavy atom. The van der Waals surface area contributed by atoms with E-state index >= 15 is 0 Å². The van der Waals surface area contributed by atoms with Crippen molar-refractivity contribution in [3.05, 3.63) is 15.6 Å². The predicted octanol–water partition coefficient (Wildman–Crippen LogP) is 3.40. The molecule has 1 saturated carbocycles. The molecule has 1 aromatic heterocycles. The Balaban J connectivity index is 2.29. The summed E-state index contributed by atoms with van der Waals surface area (Å²) < 4.78 is 5.94. The third kappa shape index (κ3) is 2.76. The second-order valence-electron chi connectivity index (χ2n) is 5.15. The van der Waals surface area contributed by atoms with Crippen molar-refractivity contribution in [3.8, 4) is 0 Å². The van der Waals surface area contributed by atoms with Gasteiger partial charge in [0.15, 0.2) is 0 Å². The van der Waals surface area contributed by atoms with Gasteiger partial charge in [-0.1, -0.05) is 6.92 Å². The topological polar surface area (TPSA) is 34.1 Å². The van der Waals surface area contributed by atoms with Gasteiger partial charge in [0, 0.05) is 23.9 Å². The molecule has 1 atom stereocenters. The first-order valence-corrected chi connectivity index (χ1v) is 7.74. The van der Waals surface area contributed by atoms with Crippen molar-refractivity contribution in [1.82, 2.24) is 10.3 Å². The maximum absolute atomic E-state index is 5.94. The van der Waals surface area contributed by atoms with E-state index in [-0.39, 0.29) is 5.60 Å². The Bertz CT molecular complexity index is 400. The quantitative estimate of drug-likeness (QED) is 0.823. The Kier molecular flexibility index (Phi) is 4.41. The summed E-state index contributed by atoms with van der Waals surface area (Å²) in [7, 11) is 2.00. The summed E-state index contributed by atoms with van der Waals surface area (Å²) in [6.45, 7) is 8.05. The highest BCUT2D eigenvalue weighted by Crippen LogP contribution is 2.44. The van der Waals surface area contributed by atoms with Crippen LogP contribution in [0, 0.1) is 0 Å². The van der Waals surface area contributed by atoms with Gasteiger partial charge in [0.25, 0.3) is 0 Å². The van der Waals surface area contributed by atoms with Crippen LogP contribution in [0.4, 0.5) is 0 Å². The molecule has 2 rings (SSSR count). The summed E-state index contributed by atoms with van der Waals surface area (Å²) in [5.41, 5.74) is 1.11. The van der Waals surface area contributed by atoms with Crippen LogP contribution in [0.5, 0.6) is 0 Å². The molecular formula is C14H24N2OS. The van der Waals surface area contributed by atoms with Crippen molar-refractivity contribution in [1.29, 1.82) is 0 Å². The molecule has 1 heterocycles. The Morgan fingerprint density at radius 3 is 2.67 bits per heavy atom. The van der Waals surface area contributed by atoms with E-state index in [9.17, 15) is 0 Å². The first kappa shape index (κ1) is 14.0. The van der Waals surface area contributed by atoms with Crippen LogP contribution in [-0.2, 0) is 16.9 Å². The number of nitrogens with zero attached hydrogens (tertiary/aromatic N) is 1. The van der Waals surface area contributed by atoms with Gasteiger partial charge in [0.1, 0.15) is 10.6 Å². The fourth-order valence-corrected chi connectivity index (χ4v) is 3.52. The highest BCUT2D eigenvalue weighted by atomic mass is 32.1. The number of thiazole rings is 1. The van der Waals surface area contributed by atoms with E-state index in [0.29, 0.717) is 5.92 Å². The molecule has 102 valence electrons. The lowest BCUT2D eigenvalue weighted by atomic mass is 10.0. The van der Waals surface area contributed by atoms with Crippen LogP contribution in [0.15, 0.2) is 0 Å². The van der Waals surface area contributed by atoms with Crippen LogP contribution in [-0.4, -0.2) is 18.6 Å². The summed E-state index contributed by atoms with van der Waals surface area (Å²) in [4.78, 5) is 6.30. The number of rotatable bonds is 7. The Labute approximate surface area is 114 Å². The van der Waals surface area contributed by atoms with E-state index in [1.54, 1.807) is 0 Å². The molecule has 1 aliphatic rings. The Morgan fingerprint density at radius 1 is 1.44 bits per heavy atom. The largest absolute Gasteiger partial charge is 0.368 e. The fourth-order valence-electron chi connectivity index (χ4n) is 2.19. The zero-order chi connectivity index (χ0) is 13.2. The van der Waals surface area contributed by atoms with Gasteiger partial charge in [-0.15, -0.1) is 11.3 Å². The SMILES string of the molecule is CCOC(C)(CC)c1nc(C2CC2)c(CNC)s1. The monoisotopic (exact) mass is 268 g/mol. The lowest BCUT2D eigenvalue weighted by Crippen LogP contribution is -2.24. The van der Waals surface area contributed by atoms with Gasteiger partial charge in [-0.2, -0.15) is 0 Å². The summed E-state index contributed by atoms with van der Waals surface area (Å²) in [5, 5.41) is 4.40. The third-order valence-electron chi connectivity index (χ3n) is 3.62. The lowest BCUT2D eigenvalue weighted by Gasteiger charge is -2.25. The molecule has 0 radical (unpaired) electrons. The number of hydrogen-bond donors (Lipinski definition) is 1. The fraction of sp³-hybridized carbons (Fsp3) is 0.786. The van der Waals surface area contributed by atoms with E-state index in [2.05, 4.69) is 26.1 Å². The van der Waals surface area contributed by atoms with Gasteiger partial charge in [0.2, 0.25) is 0 Å². The predicted molar refractivity (Wildman–Crippen MR) is 76.1 cm³/mol. The summed E-state index contributed by atoms with van der Waals surface area (Å²) in [6, 6.07) is 0. The zero-order valence-electron chi connectivity index (χ0n) is 11.9. The van der Waals surface area contributed by atoms with Crippen LogP contribution in [0.25, 0.3) is 0 Å². The van der Waals surface area contributed by atoms with Crippen LogP contribution in [0.1, 0.15) is 61.5 Å². The molecule has 3 nitrogen and oxygen atoms in total. The van der Waals surface area contributed by atoms with E-state index in [4.69, 9.17) is 9.72 Å². The molecule has 0 aliphatic heterocycles. The van der Waals surface area contributed by atoms with Crippen molar-refractivity contribution < 1.29 is 4.74 Å². The van der Waals surface area contributed by atoms with Gasteiger partial charge in [-0.05, 0) is 40.2 Å². The summed E-state index contributed by atoms with van der Waals surface area (Å²) >= 11 is 1.83. The van der Waals surface area contributed by atoms with Crippen LogP contribution < -0.4 is 5.32 Å². The first-order valence-electron chi connectivity index (χ1n) is 6.93. The molecule has 1 aromatic rings. The standard InChI is InChI=1S/C14H24N2OS/c1-5-14(3,17-6-2)13-16-12(10-7-8-10)11(18-13)9-15-4/h10,15H,5-9H2,1-4H3. The first-order chi connectivity index (χ1) is 8.64. The number of hydrogen-bond acceptors (Lipinski definition) is 4. The van der Waals surface area contributed by atoms with Crippen LogP contribution >= 0.6 is 11.3 Å². The second-order valence-corrected chi connectivity index (χ2v) is 6.23. The number of ether oxygens (including phenoxy) is 1. The summed E-state index contributed by atoms with van der Waals surface area (Å²) in [6.07, 6.45) is 3.58. The highest BCUT2D eigenvalue weighted by molar-refractivity contribution is 7.11. The van der Waals surface area contributed by atoms with Gasteiger partial charge < -0.3 is 10.1 Å². The molecule has 0 spiro atoms. The third-order valence-corrected chi connectivity index (χ3v) is 4.94. The molecule has 0 aromatic carbocycles. The van der Waals surface area contributed by atoms with Gasteiger partial charge >= 0.3 is 0 Å². The molecular weight excluding hydrogens is 244 g/mol. The van der Waals surface area contributed by atoms with Crippen molar-refractivity contribution in [2.75, 3.05) is 13.7 Å². The van der Waals surface area contributed by atoms with Crippen molar-refractivity contribution in [3.63, 3.8) is 0 Å². The number of nitrogens with one attached hydrogen (secondary N) is 1. The van der Waals surface area contributed by atoms with Gasteiger partial charge in [-0.3, -0.25) is 0 Å². The number of aromatic nitrogens is 1. The minimum Gasteiger partial charge on any atom is -0.368 e. The van der Waals surface area contributed by atoms with E-state index in [1.807, 2.05) is 18.4 Å². The average molecular weight is 268 g/mol. The molecule has 0 amide bonds. The highest BCUT2D eigenvalue weighted by Gasteiger charge is 2.34. The van der Waals surface area contributed by atoms with Crippen LogP contribution in [0.2, 0.25) is 0 Å². The Hall–Kier alpha value is -0.450. The normalized spacial score (nSPS) is 18.9. The smallest absolute Gasteiger partial charge is 0.125 e. The average Bonchev–Trinajstić information content (AvgIpc) is 3.11. The van der Waals surface area contributed by atoms with Crippen molar-refractivity contribution in [2.45, 2.75) is 58.1 Å². The van der Waals surface area contributed by atoms with Crippen LogP contribution in [0.3, 0.4) is 0 Å². The molecule has 1 N–H and O–H groups in total. The van der Waals surface area contributed by atoms with E-state index in [1.165, 1.54) is 23.4 Å². The van der Waals surface area contributed by atoms with Gasteiger partial charge in [0.05, 0.1) is 5.69 Å². The summed E-state index contributed by atoms with van der Waals surface area (Å²) in [5.74, 6) is 0.709. The molecule has 1 aliphatic carbocycles. The molecule has 0 bridgehead atoms. The second kappa shape index (κ2) is 5.68. The van der Waals surface area contributed by atoms with E-state index in [0.717, 1.165) is 24.6 Å². The molecule has 0 saturated heterocycles. The molecule has 1 unspecified atom stereocenters. The molecule has 18 heavy (non-hydrogen) atoms. The van der Waals surface area contributed by atoms with Gasteiger partial charge in [-0.25, -0.2) is 4.98 Å². The van der Waals surface area contributed by atoms with Crippen molar-refractivity contribution in [2.24, 2.45) is 0 Å². The van der Waals surface area contributed by atoms with E-state index < -0.39 is 0 Å². The molecule has 1 fully saturated rings. The maximum Gasteiger partial charge on any atom is 0.125 e. The maximum atomic E-state index is 5.94. The minimum atomic E-state index is -0.213. The van der Waals surface area contributed by atoms with Crippen molar-refractivity contribution >= 4 is 11.3 Å². The molecule has 4 heteroatoms. The lowest BCUT2D eigenvalue weighted by molar-refractivity contribution is -0.0325.